The maximum Gasteiger partial charge on any atom is 0.305 e. The lowest BCUT2D eigenvalue weighted by atomic mass is 10.0. The van der Waals surface area contributed by atoms with Crippen LogP contribution in [0.5, 0.6) is 0 Å². The molecule has 0 N–H and O–H groups in total. The van der Waals surface area contributed by atoms with Gasteiger partial charge >= 0.3 is 5.97 Å². The average molecular weight is 697 g/mol. The highest BCUT2D eigenvalue weighted by Crippen LogP contribution is 2.16. The fourth-order valence-corrected chi connectivity index (χ4v) is 6.60. The van der Waals surface area contributed by atoms with Crippen LogP contribution in [-0.4, -0.2) is 12.6 Å². The molecular formula is C48H88O2. The Hall–Kier alpha value is -1.57. The topological polar surface area (TPSA) is 26.3 Å². The molecule has 50 heavy (non-hydrogen) atoms. The Morgan fingerprint density at radius 3 is 0.980 bits per heavy atom. The van der Waals surface area contributed by atoms with E-state index in [4.69, 9.17) is 4.74 Å². The number of allylic oxidation sites excluding steroid dienone is 8. The second-order valence-corrected chi connectivity index (χ2v) is 15.0. The lowest BCUT2D eigenvalue weighted by Gasteiger charge is -2.05. The van der Waals surface area contributed by atoms with Gasteiger partial charge in [-0.3, -0.25) is 4.79 Å². The van der Waals surface area contributed by atoms with Crippen LogP contribution in [-0.2, 0) is 9.53 Å². The number of carbonyl (C=O) groups excluding carboxylic acids is 1. The normalized spacial score (nSPS) is 12.1. The Kier molecular flexibility index (Phi) is 44.0. The minimum atomic E-state index is -0.0273. The van der Waals surface area contributed by atoms with Crippen molar-refractivity contribution in [2.24, 2.45) is 0 Å². The smallest absolute Gasteiger partial charge is 0.305 e. The van der Waals surface area contributed by atoms with E-state index in [1.165, 1.54) is 186 Å². The second kappa shape index (κ2) is 45.5. The summed E-state index contributed by atoms with van der Waals surface area (Å²) in [5.74, 6) is -0.0273. The average Bonchev–Trinajstić information content (AvgIpc) is 3.12. The summed E-state index contributed by atoms with van der Waals surface area (Å²) in [6, 6.07) is 0. The van der Waals surface area contributed by atoms with Crippen LogP contribution < -0.4 is 0 Å². The van der Waals surface area contributed by atoms with Crippen molar-refractivity contribution in [3.8, 4) is 0 Å². The molecule has 0 aromatic rings. The first kappa shape index (κ1) is 48.4. The molecule has 2 heteroatoms. The Morgan fingerprint density at radius 1 is 0.340 bits per heavy atom. The van der Waals surface area contributed by atoms with Crippen molar-refractivity contribution in [2.75, 3.05) is 6.61 Å². The minimum Gasteiger partial charge on any atom is -0.466 e. The number of unbranched alkanes of at least 4 members (excludes halogenated alkanes) is 29. The van der Waals surface area contributed by atoms with Crippen LogP contribution in [0.15, 0.2) is 48.6 Å². The molecule has 0 fully saturated rings. The summed E-state index contributed by atoms with van der Waals surface area (Å²) < 4.78 is 5.44. The van der Waals surface area contributed by atoms with E-state index in [2.05, 4.69) is 62.5 Å². The minimum absolute atomic E-state index is 0.0273. The van der Waals surface area contributed by atoms with Crippen molar-refractivity contribution in [1.82, 2.24) is 0 Å². The van der Waals surface area contributed by atoms with E-state index in [-0.39, 0.29) is 5.97 Å². The highest BCUT2D eigenvalue weighted by Gasteiger charge is 2.02. The van der Waals surface area contributed by atoms with E-state index in [1.54, 1.807) is 0 Å². The van der Waals surface area contributed by atoms with Gasteiger partial charge < -0.3 is 4.74 Å². The van der Waals surface area contributed by atoms with Crippen molar-refractivity contribution in [2.45, 2.75) is 245 Å². The third kappa shape index (κ3) is 44.5. The van der Waals surface area contributed by atoms with E-state index >= 15 is 0 Å². The van der Waals surface area contributed by atoms with Crippen LogP contribution in [0.2, 0.25) is 0 Å². The number of esters is 1. The molecule has 0 aliphatic rings. The number of hydrogen-bond acceptors (Lipinski definition) is 2. The predicted octanol–water partition coefficient (Wildman–Crippen LogP) is 16.8. The molecule has 0 aromatic carbocycles. The molecule has 0 aromatic heterocycles. The summed E-state index contributed by atoms with van der Waals surface area (Å²) >= 11 is 0. The van der Waals surface area contributed by atoms with Crippen LogP contribution in [0.4, 0.5) is 0 Å². The van der Waals surface area contributed by atoms with Gasteiger partial charge in [0, 0.05) is 6.42 Å². The zero-order chi connectivity index (χ0) is 36.1. The molecule has 0 amide bonds. The van der Waals surface area contributed by atoms with E-state index in [1.807, 2.05) is 0 Å². The predicted molar refractivity (Wildman–Crippen MR) is 225 cm³/mol. The van der Waals surface area contributed by atoms with Crippen LogP contribution in [0, 0.1) is 0 Å². The summed E-state index contributed by atoms with van der Waals surface area (Å²) in [4.78, 5) is 12.0. The lowest BCUT2D eigenvalue weighted by Crippen LogP contribution is -2.05. The SMILES string of the molecule is CCCCC/C=C\C/C=C\C/C=C\C/C=C\CCCC(=O)OCCCCCCCCCCCCCCCCCCCCCCCCCCCC. The van der Waals surface area contributed by atoms with Crippen molar-refractivity contribution in [3.63, 3.8) is 0 Å². The van der Waals surface area contributed by atoms with Crippen LogP contribution in [0.25, 0.3) is 0 Å². The summed E-state index contributed by atoms with van der Waals surface area (Å²) in [7, 11) is 0. The van der Waals surface area contributed by atoms with E-state index in [9.17, 15) is 4.79 Å². The Bertz CT molecular complexity index is 760. The first-order chi connectivity index (χ1) is 24.8. The van der Waals surface area contributed by atoms with E-state index in [0.717, 1.165) is 38.5 Å². The molecule has 0 bridgehead atoms. The van der Waals surface area contributed by atoms with E-state index in [0.29, 0.717) is 13.0 Å². The first-order valence-corrected chi connectivity index (χ1v) is 22.6. The Labute approximate surface area is 314 Å². The zero-order valence-corrected chi connectivity index (χ0v) is 34.1. The molecular weight excluding hydrogens is 609 g/mol. The van der Waals surface area contributed by atoms with Gasteiger partial charge in [0.1, 0.15) is 0 Å². The largest absolute Gasteiger partial charge is 0.466 e. The molecule has 0 spiro atoms. The molecule has 0 heterocycles. The van der Waals surface area contributed by atoms with Gasteiger partial charge in [0.2, 0.25) is 0 Å². The number of ether oxygens (including phenoxy) is 1. The monoisotopic (exact) mass is 697 g/mol. The standard InChI is InChI=1S/C48H88O2/c1-3-5-7-9-11-13-15-17-19-21-22-23-24-25-26-27-28-29-31-33-35-37-39-41-43-45-47-50-48(49)46-44-42-40-38-36-34-32-30-20-18-16-14-12-10-8-6-4-2/h12,14,18,20,32,34,38,40H,3-11,13,15-17,19,21-31,33,35-37,39,41-47H2,1-2H3/b14-12-,20-18-,34-32-,40-38-. The van der Waals surface area contributed by atoms with Crippen molar-refractivity contribution >= 4 is 5.97 Å². The molecule has 0 aliphatic heterocycles. The van der Waals surface area contributed by atoms with Gasteiger partial charge in [0.25, 0.3) is 0 Å². The fourth-order valence-electron chi connectivity index (χ4n) is 6.60. The van der Waals surface area contributed by atoms with Gasteiger partial charge in [0.15, 0.2) is 0 Å². The number of carbonyl (C=O) groups is 1. The molecule has 0 unspecified atom stereocenters. The molecule has 292 valence electrons. The molecule has 0 radical (unpaired) electrons. The van der Waals surface area contributed by atoms with Crippen LogP contribution in [0.1, 0.15) is 245 Å². The molecule has 0 atom stereocenters. The van der Waals surface area contributed by atoms with Crippen molar-refractivity contribution in [1.29, 1.82) is 0 Å². The number of hydrogen-bond donors (Lipinski definition) is 0. The van der Waals surface area contributed by atoms with Gasteiger partial charge in [-0.25, -0.2) is 0 Å². The third-order valence-electron chi connectivity index (χ3n) is 9.97. The second-order valence-electron chi connectivity index (χ2n) is 15.0. The van der Waals surface area contributed by atoms with Crippen molar-refractivity contribution < 1.29 is 9.53 Å². The maximum absolute atomic E-state index is 12.0. The molecule has 2 nitrogen and oxygen atoms in total. The summed E-state index contributed by atoms with van der Waals surface area (Å²) in [6.07, 6.45) is 65.1. The highest BCUT2D eigenvalue weighted by molar-refractivity contribution is 5.69. The quantitative estimate of drug-likeness (QED) is 0.0361. The van der Waals surface area contributed by atoms with Gasteiger partial charge in [-0.1, -0.05) is 236 Å². The van der Waals surface area contributed by atoms with Gasteiger partial charge in [-0.15, -0.1) is 0 Å². The molecule has 0 saturated heterocycles. The molecule has 0 aliphatic carbocycles. The Morgan fingerprint density at radius 2 is 0.620 bits per heavy atom. The van der Waals surface area contributed by atoms with Gasteiger partial charge in [0.05, 0.1) is 6.61 Å². The Balaban J connectivity index is 3.26. The third-order valence-corrected chi connectivity index (χ3v) is 9.97. The van der Waals surface area contributed by atoms with Crippen molar-refractivity contribution in [3.05, 3.63) is 48.6 Å². The van der Waals surface area contributed by atoms with Gasteiger partial charge in [-0.05, 0) is 51.4 Å². The zero-order valence-electron chi connectivity index (χ0n) is 34.1. The highest BCUT2D eigenvalue weighted by atomic mass is 16.5. The summed E-state index contributed by atoms with van der Waals surface area (Å²) in [5, 5.41) is 0. The lowest BCUT2D eigenvalue weighted by molar-refractivity contribution is -0.143. The first-order valence-electron chi connectivity index (χ1n) is 22.6. The molecule has 0 saturated carbocycles. The van der Waals surface area contributed by atoms with Crippen LogP contribution in [0.3, 0.4) is 0 Å². The summed E-state index contributed by atoms with van der Waals surface area (Å²) in [6.45, 7) is 5.15. The fraction of sp³-hybridized carbons (Fsp3) is 0.812. The maximum atomic E-state index is 12.0. The van der Waals surface area contributed by atoms with Crippen LogP contribution >= 0.6 is 0 Å². The van der Waals surface area contributed by atoms with E-state index < -0.39 is 0 Å². The number of rotatable bonds is 41. The van der Waals surface area contributed by atoms with Gasteiger partial charge in [-0.2, -0.15) is 0 Å². The molecule has 0 rings (SSSR count). The summed E-state index contributed by atoms with van der Waals surface area (Å²) in [5.41, 5.74) is 0.